The van der Waals surface area contributed by atoms with E-state index in [1.54, 1.807) is 0 Å². The van der Waals surface area contributed by atoms with E-state index in [-0.39, 0.29) is 0 Å². The van der Waals surface area contributed by atoms with Crippen molar-refractivity contribution in [3.05, 3.63) is 34.9 Å². The van der Waals surface area contributed by atoms with Gasteiger partial charge in [0.2, 0.25) is 0 Å². The molecular weight excluding hydrogens is 262 g/mol. The molecule has 5 heteroatoms. The SMILES string of the molecule is CCC(CC)n1ccc(CNCc2c(C)nn(C)c2C)n1. The maximum Gasteiger partial charge on any atom is 0.0762 e. The predicted octanol–water partition coefficient (Wildman–Crippen LogP) is 2.88. The van der Waals surface area contributed by atoms with E-state index in [1.165, 1.54) is 11.3 Å². The summed E-state index contributed by atoms with van der Waals surface area (Å²) in [6.45, 7) is 10.2. The lowest BCUT2D eigenvalue weighted by Crippen LogP contribution is -2.15. The molecular formula is C16H27N5. The van der Waals surface area contributed by atoms with Gasteiger partial charge in [-0.15, -0.1) is 0 Å². The maximum absolute atomic E-state index is 4.67. The first-order chi connectivity index (χ1) is 10.1. The Balaban J connectivity index is 1.92. The molecule has 21 heavy (non-hydrogen) atoms. The van der Waals surface area contributed by atoms with Gasteiger partial charge in [0.1, 0.15) is 0 Å². The third-order valence-corrected chi connectivity index (χ3v) is 4.25. The third kappa shape index (κ3) is 3.53. The number of hydrogen-bond donors (Lipinski definition) is 1. The molecule has 0 aliphatic carbocycles. The van der Waals surface area contributed by atoms with Crippen LogP contribution in [0.1, 0.15) is 55.4 Å². The highest BCUT2D eigenvalue weighted by atomic mass is 15.3. The zero-order valence-corrected chi connectivity index (χ0v) is 13.8. The summed E-state index contributed by atoms with van der Waals surface area (Å²) in [7, 11) is 1.99. The molecule has 0 unspecified atom stereocenters. The molecule has 0 bridgehead atoms. The van der Waals surface area contributed by atoms with Gasteiger partial charge < -0.3 is 5.32 Å². The second-order valence-corrected chi connectivity index (χ2v) is 5.63. The number of hydrogen-bond acceptors (Lipinski definition) is 3. The number of aryl methyl sites for hydroxylation is 2. The maximum atomic E-state index is 4.67. The molecule has 2 aromatic rings. The molecule has 5 nitrogen and oxygen atoms in total. The molecule has 0 spiro atoms. The highest BCUT2D eigenvalue weighted by Gasteiger charge is 2.10. The first-order valence-corrected chi connectivity index (χ1v) is 7.80. The standard InChI is InChI=1S/C16H27N5/c1-6-15(7-2)21-9-8-14(19-21)10-17-11-16-12(3)18-20(5)13(16)4/h8-9,15,17H,6-7,10-11H2,1-5H3. The number of rotatable bonds is 7. The minimum Gasteiger partial charge on any atom is -0.307 e. The summed E-state index contributed by atoms with van der Waals surface area (Å²) < 4.78 is 4.03. The minimum atomic E-state index is 0.515. The monoisotopic (exact) mass is 289 g/mol. The van der Waals surface area contributed by atoms with Crippen LogP contribution in [-0.4, -0.2) is 19.6 Å². The zero-order chi connectivity index (χ0) is 15.4. The summed E-state index contributed by atoms with van der Waals surface area (Å²) in [5, 5.41) is 12.6. The molecule has 0 aliphatic heterocycles. The largest absolute Gasteiger partial charge is 0.307 e. The molecule has 0 aromatic carbocycles. The van der Waals surface area contributed by atoms with Crippen molar-refractivity contribution in [3.63, 3.8) is 0 Å². The van der Waals surface area contributed by atoms with Crippen molar-refractivity contribution in [1.82, 2.24) is 24.9 Å². The third-order valence-electron chi connectivity index (χ3n) is 4.25. The number of aromatic nitrogens is 4. The summed E-state index contributed by atoms with van der Waals surface area (Å²) in [5.41, 5.74) is 4.71. The van der Waals surface area contributed by atoms with E-state index in [2.05, 4.69) is 60.2 Å². The quantitative estimate of drug-likeness (QED) is 0.852. The smallest absolute Gasteiger partial charge is 0.0762 e. The predicted molar refractivity (Wildman–Crippen MR) is 85.1 cm³/mol. The number of nitrogens with one attached hydrogen (secondary N) is 1. The van der Waals surface area contributed by atoms with E-state index in [0.717, 1.165) is 37.3 Å². The van der Waals surface area contributed by atoms with Crippen LogP contribution in [0.15, 0.2) is 12.3 Å². The average molecular weight is 289 g/mol. The normalized spacial score (nSPS) is 11.5. The highest BCUT2D eigenvalue weighted by Crippen LogP contribution is 2.15. The lowest BCUT2D eigenvalue weighted by Gasteiger charge is -2.12. The fraction of sp³-hybridized carbons (Fsp3) is 0.625. The fourth-order valence-corrected chi connectivity index (χ4v) is 2.73. The van der Waals surface area contributed by atoms with E-state index in [1.807, 2.05) is 11.7 Å². The molecule has 0 aliphatic rings. The molecule has 0 amide bonds. The van der Waals surface area contributed by atoms with Gasteiger partial charge in [0.05, 0.1) is 17.4 Å². The van der Waals surface area contributed by atoms with Crippen molar-refractivity contribution in [2.75, 3.05) is 0 Å². The molecule has 2 heterocycles. The van der Waals surface area contributed by atoms with Gasteiger partial charge in [0.25, 0.3) is 0 Å². The van der Waals surface area contributed by atoms with Gasteiger partial charge in [-0.05, 0) is 32.8 Å². The van der Waals surface area contributed by atoms with Gasteiger partial charge in [0, 0.05) is 37.6 Å². The Kier molecular flexibility index (Phi) is 5.17. The minimum absolute atomic E-state index is 0.515. The lowest BCUT2D eigenvalue weighted by atomic mass is 10.2. The zero-order valence-electron chi connectivity index (χ0n) is 13.8. The van der Waals surface area contributed by atoms with E-state index >= 15 is 0 Å². The van der Waals surface area contributed by atoms with Gasteiger partial charge >= 0.3 is 0 Å². The Morgan fingerprint density at radius 1 is 1.14 bits per heavy atom. The van der Waals surface area contributed by atoms with Crippen LogP contribution in [0.5, 0.6) is 0 Å². The Morgan fingerprint density at radius 3 is 2.43 bits per heavy atom. The van der Waals surface area contributed by atoms with Crippen LogP contribution in [0.3, 0.4) is 0 Å². The Hall–Kier alpha value is -1.62. The Morgan fingerprint density at radius 2 is 1.86 bits per heavy atom. The van der Waals surface area contributed by atoms with Crippen LogP contribution >= 0.6 is 0 Å². The van der Waals surface area contributed by atoms with Crippen LogP contribution in [-0.2, 0) is 20.1 Å². The molecule has 0 radical (unpaired) electrons. The fourth-order valence-electron chi connectivity index (χ4n) is 2.73. The van der Waals surface area contributed by atoms with Crippen LogP contribution in [0.4, 0.5) is 0 Å². The summed E-state index contributed by atoms with van der Waals surface area (Å²) in [6, 6.07) is 2.62. The topological polar surface area (TPSA) is 47.7 Å². The van der Waals surface area contributed by atoms with Gasteiger partial charge in [-0.3, -0.25) is 9.36 Å². The molecule has 2 aromatic heterocycles. The van der Waals surface area contributed by atoms with E-state index in [0.29, 0.717) is 6.04 Å². The molecule has 1 N–H and O–H groups in total. The lowest BCUT2D eigenvalue weighted by molar-refractivity contribution is 0.424. The summed E-state index contributed by atoms with van der Waals surface area (Å²) in [5.74, 6) is 0. The van der Waals surface area contributed by atoms with Crippen molar-refractivity contribution in [3.8, 4) is 0 Å². The van der Waals surface area contributed by atoms with Crippen LogP contribution < -0.4 is 5.32 Å². The first kappa shape index (κ1) is 15.8. The summed E-state index contributed by atoms with van der Waals surface area (Å²) in [6.07, 6.45) is 4.34. The second kappa shape index (κ2) is 6.89. The van der Waals surface area contributed by atoms with Gasteiger partial charge in [0.15, 0.2) is 0 Å². The van der Waals surface area contributed by atoms with E-state index in [4.69, 9.17) is 0 Å². The molecule has 0 atom stereocenters. The van der Waals surface area contributed by atoms with Crippen LogP contribution in [0, 0.1) is 13.8 Å². The van der Waals surface area contributed by atoms with Crippen molar-refractivity contribution in [2.24, 2.45) is 7.05 Å². The molecule has 0 fully saturated rings. The Labute approximate surface area is 127 Å². The van der Waals surface area contributed by atoms with Crippen molar-refractivity contribution in [2.45, 2.75) is 59.7 Å². The summed E-state index contributed by atoms with van der Waals surface area (Å²) >= 11 is 0. The van der Waals surface area contributed by atoms with E-state index in [9.17, 15) is 0 Å². The molecule has 0 saturated carbocycles. The van der Waals surface area contributed by atoms with Crippen molar-refractivity contribution < 1.29 is 0 Å². The van der Waals surface area contributed by atoms with Crippen LogP contribution in [0.2, 0.25) is 0 Å². The van der Waals surface area contributed by atoms with Crippen LogP contribution in [0.25, 0.3) is 0 Å². The van der Waals surface area contributed by atoms with Gasteiger partial charge in [-0.25, -0.2) is 0 Å². The first-order valence-electron chi connectivity index (χ1n) is 7.80. The molecule has 2 rings (SSSR count). The number of nitrogens with zero attached hydrogens (tertiary/aromatic N) is 4. The van der Waals surface area contributed by atoms with Gasteiger partial charge in [-0.1, -0.05) is 13.8 Å². The second-order valence-electron chi connectivity index (χ2n) is 5.63. The average Bonchev–Trinajstić information content (AvgIpc) is 3.01. The summed E-state index contributed by atoms with van der Waals surface area (Å²) in [4.78, 5) is 0. The highest BCUT2D eigenvalue weighted by molar-refractivity contribution is 5.24. The van der Waals surface area contributed by atoms with E-state index < -0.39 is 0 Å². The molecule has 116 valence electrons. The van der Waals surface area contributed by atoms with Crippen molar-refractivity contribution >= 4 is 0 Å². The molecule has 0 saturated heterocycles. The van der Waals surface area contributed by atoms with Crippen molar-refractivity contribution in [1.29, 1.82) is 0 Å². The van der Waals surface area contributed by atoms with Gasteiger partial charge in [-0.2, -0.15) is 10.2 Å². The Bertz CT molecular complexity index is 578.